The van der Waals surface area contributed by atoms with Gasteiger partial charge >= 0.3 is 6.18 Å². The number of hydrogen-bond donors (Lipinski definition) is 1. The van der Waals surface area contributed by atoms with Crippen LogP contribution in [0, 0.1) is 0 Å². The number of benzene rings is 3. The molecule has 0 saturated heterocycles. The van der Waals surface area contributed by atoms with E-state index in [2.05, 4.69) is 20.7 Å². The average Bonchev–Trinajstić information content (AvgIpc) is 3.32. The molecule has 0 aliphatic heterocycles. The summed E-state index contributed by atoms with van der Waals surface area (Å²) in [6.45, 7) is 0. The lowest BCUT2D eigenvalue weighted by Gasteiger charge is -2.10. The summed E-state index contributed by atoms with van der Waals surface area (Å²) < 4.78 is 45.0. The van der Waals surface area contributed by atoms with E-state index in [4.69, 9.17) is 4.74 Å². The van der Waals surface area contributed by atoms with Crippen molar-refractivity contribution in [3.05, 3.63) is 90.0 Å². The Morgan fingerprint density at radius 2 is 1.72 bits per heavy atom. The van der Waals surface area contributed by atoms with Crippen molar-refractivity contribution < 1.29 is 22.7 Å². The lowest BCUT2D eigenvalue weighted by Crippen LogP contribution is -2.20. The van der Waals surface area contributed by atoms with Crippen LogP contribution < -0.4 is 10.2 Å². The minimum atomic E-state index is -4.41. The maximum atomic E-state index is 12.7. The Labute approximate surface area is 209 Å². The second-order valence-corrected chi connectivity index (χ2v) is 8.35. The predicted octanol–water partition coefficient (Wildman–Crippen LogP) is 5.20. The molecule has 0 saturated carbocycles. The van der Waals surface area contributed by atoms with Crippen molar-refractivity contribution in [1.29, 1.82) is 0 Å². The molecule has 0 bridgehead atoms. The molecule has 0 aliphatic carbocycles. The summed E-state index contributed by atoms with van der Waals surface area (Å²) >= 11 is 1.18. The zero-order valence-corrected chi connectivity index (χ0v) is 19.8. The maximum absolute atomic E-state index is 12.7. The normalized spacial score (nSPS) is 11.6. The molecule has 4 rings (SSSR count). The number of hydrazone groups is 1. The summed E-state index contributed by atoms with van der Waals surface area (Å²) in [7, 11) is 1.59. The minimum absolute atomic E-state index is 0.00205. The van der Waals surface area contributed by atoms with Crippen molar-refractivity contribution in [2.24, 2.45) is 5.10 Å². The van der Waals surface area contributed by atoms with Crippen LogP contribution in [0.1, 0.15) is 11.1 Å². The molecule has 184 valence electrons. The highest BCUT2D eigenvalue weighted by atomic mass is 32.2. The summed E-state index contributed by atoms with van der Waals surface area (Å²) in [6, 6.07) is 21.4. The highest BCUT2D eigenvalue weighted by Crippen LogP contribution is 2.30. The molecule has 36 heavy (non-hydrogen) atoms. The first-order valence-corrected chi connectivity index (χ1v) is 11.6. The fourth-order valence-corrected chi connectivity index (χ4v) is 3.94. The van der Waals surface area contributed by atoms with Crippen molar-refractivity contribution in [2.75, 3.05) is 12.9 Å². The third kappa shape index (κ3) is 6.11. The molecule has 7 nitrogen and oxygen atoms in total. The Kier molecular flexibility index (Phi) is 7.69. The first kappa shape index (κ1) is 25.0. The van der Waals surface area contributed by atoms with E-state index in [-0.39, 0.29) is 5.75 Å². The predicted molar refractivity (Wildman–Crippen MR) is 131 cm³/mol. The van der Waals surface area contributed by atoms with Crippen LogP contribution in [0.2, 0.25) is 0 Å². The summed E-state index contributed by atoms with van der Waals surface area (Å²) in [6.07, 6.45) is -3.13. The first-order chi connectivity index (χ1) is 17.3. The van der Waals surface area contributed by atoms with Gasteiger partial charge in [-0.15, -0.1) is 10.2 Å². The monoisotopic (exact) mass is 511 g/mol. The molecule has 1 amide bonds. The van der Waals surface area contributed by atoms with Crippen LogP contribution in [0.5, 0.6) is 5.75 Å². The molecule has 1 N–H and O–H groups in total. The van der Waals surface area contributed by atoms with Crippen LogP contribution in [0.25, 0.3) is 17.1 Å². The third-order valence-corrected chi connectivity index (χ3v) is 5.90. The van der Waals surface area contributed by atoms with E-state index in [1.165, 1.54) is 30.1 Å². The standard InChI is InChI=1S/C25H20F3N5O2S/c1-35-21-13-9-18(10-14-21)23-31-32-24(33(23)20-5-3-2-4-6-20)36-16-22(34)30-29-15-17-7-11-19(12-8-17)25(26,27)28/h2-15H,16H2,1H3,(H,30,34). The number of methoxy groups -OCH3 is 1. The first-order valence-electron chi connectivity index (χ1n) is 10.6. The van der Waals surface area contributed by atoms with Gasteiger partial charge in [-0.2, -0.15) is 18.3 Å². The van der Waals surface area contributed by atoms with E-state index in [1.807, 2.05) is 59.2 Å². The Hall–Kier alpha value is -4.12. The van der Waals surface area contributed by atoms with Gasteiger partial charge in [-0.25, -0.2) is 5.43 Å². The number of ether oxygens (including phenoxy) is 1. The van der Waals surface area contributed by atoms with E-state index < -0.39 is 17.6 Å². The van der Waals surface area contributed by atoms with E-state index in [0.29, 0.717) is 22.3 Å². The number of nitrogens with zero attached hydrogens (tertiary/aromatic N) is 4. The zero-order valence-electron chi connectivity index (χ0n) is 18.9. The smallest absolute Gasteiger partial charge is 0.416 e. The number of rotatable bonds is 8. The van der Waals surface area contributed by atoms with Crippen molar-refractivity contribution >= 4 is 23.9 Å². The molecule has 4 aromatic rings. The average molecular weight is 512 g/mol. The van der Waals surface area contributed by atoms with Crippen molar-refractivity contribution in [2.45, 2.75) is 11.3 Å². The van der Waals surface area contributed by atoms with Crippen molar-refractivity contribution in [3.63, 3.8) is 0 Å². The van der Waals surface area contributed by atoms with Gasteiger partial charge in [0, 0.05) is 11.3 Å². The number of carbonyl (C=O) groups is 1. The summed E-state index contributed by atoms with van der Waals surface area (Å²) in [5, 5.41) is 12.9. The Bertz CT molecular complexity index is 1340. The number of amides is 1. The van der Waals surface area contributed by atoms with Gasteiger partial charge in [0.1, 0.15) is 5.75 Å². The number of para-hydroxylation sites is 1. The lowest BCUT2D eigenvalue weighted by molar-refractivity contribution is -0.137. The highest BCUT2D eigenvalue weighted by molar-refractivity contribution is 7.99. The minimum Gasteiger partial charge on any atom is -0.497 e. The molecular weight excluding hydrogens is 491 g/mol. The number of hydrogen-bond acceptors (Lipinski definition) is 6. The quantitative estimate of drug-likeness (QED) is 0.200. The fraction of sp³-hybridized carbons (Fsp3) is 0.120. The van der Waals surface area contributed by atoms with E-state index in [0.717, 1.165) is 23.4 Å². The maximum Gasteiger partial charge on any atom is 0.416 e. The van der Waals surface area contributed by atoms with Crippen molar-refractivity contribution in [1.82, 2.24) is 20.2 Å². The Balaban J connectivity index is 1.45. The third-order valence-electron chi connectivity index (χ3n) is 4.97. The van der Waals surface area contributed by atoms with Gasteiger partial charge in [0.25, 0.3) is 5.91 Å². The second kappa shape index (κ2) is 11.1. The van der Waals surface area contributed by atoms with Crippen LogP contribution in [0.15, 0.2) is 89.1 Å². The second-order valence-electron chi connectivity index (χ2n) is 7.41. The molecule has 0 spiro atoms. The topological polar surface area (TPSA) is 81.4 Å². The number of alkyl halides is 3. The van der Waals surface area contributed by atoms with Crippen LogP contribution >= 0.6 is 11.8 Å². The van der Waals surface area contributed by atoms with Crippen LogP contribution in [-0.4, -0.2) is 39.7 Å². The molecule has 3 aromatic carbocycles. The molecule has 0 aliphatic rings. The molecule has 0 unspecified atom stereocenters. The molecule has 1 heterocycles. The molecule has 0 fully saturated rings. The lowest BCUT2D eigenvalue weighted by atomic mass is 10.1. The van der Waals surface area contributed by atoms with Gasteiger partial charge in [0.2, 0.25) is 0 Å². The van der Waals surface area contributed by atoms with Gasteiger partial charge in [-0.3, -0.25) is 9.36 Å². The van der Waals surface area contributed by atoms with E-state index in [1.54, 1.807) is 7.11 Å². The van der Waals surface area contributed by atoms with Gasteiger partial charge in [-0.1, -0.05) is 42.1 Å². The summed E-state index contributed by atoms with van der Waals surface area (Å²) in [5.74, 6) is 0.911. The number of aromatic nitrogens is 3. The van der Waals surface area contributed by atoms with Gasteiger partial charge in [0.05, 0.1) is 24.6 Å². The van der Waals surface area contributed by atoms with Crippen LogP contribution in [0.3, 0.4) is 0 Å². The van der Waals surface area contributed by atoms with Crippen LogP contribution in [0.4, 0.5) is 13.2 Å². The molecular formula is C25H20F3N5O2S. The van der Waals surface area contributed by atoms with Gasteiger partial charge < -0.3 is 4.74 Å². The van der Waals surface area contributed by atoms with Crippen LogP contribution in [-0.2, 0) is 11.0 Å². The SMILES string of the molecule is COc1ccc(-c2nnc(SCC(=O)NN=Cc3ccc(C(F)(F)F)cc3)n2-c2ccccc2)cc1. The Morgan fingerprint density at radius 1 is 1.03 bits per heavy atom. The highest BCUT2D eigenvalue weighted by Gasteiger charge is 2.29. The number of thioether (sulfide) groups is 1. The zero-order chi connectivity index (χ0) is 25.5. The van der Waals surface area contributed by atoms with Gasteiger partial charge in [0.15, 0.2) is 11.0 Å². The van der Waals surface area contributed by atoms with E-state index in [9.17, 15) is 18.0 Å². The summed E-state index contributed by atoms with van der Waals surface area (Å²) in [4.78, 5) is 12.3. The molecule has 0 radical (unpaired) electrons. The fourth-order valence-electron chi connectivity index (χ4n) is 3.20. The summed E-state index contributed by atoms with van der Waals surface area (Å²) in [5.41, 5.74) is 3.69. The largest absolute Gasteiger partial charge is 0.497 e. The molecule has 11 heteroatoms. The molecule has 0 atom stereocenters. The van der Waals surface area contributed by atoms with Crippen molar-refractivity contribution in [3.8, 4) is 22.8 Å². The Morgan fingerprint density at radius 3 is 2.36 bits per heavy atom. The van der Waals surface area contributed by atoms with E-state index >= 15 is 0 Å². The number of carbonyl (C=O) groups excluding carboxylic acids is 1. The van der Waals surface area contributed by atoms with Gasteiger partial charge in [-0.05, 0) is 54.1 Å². The number of nitrogens with one attached hydrogen (secondary N) is 1. The number of halogens is 3. The molecule has 1 aromatic heterocycles.